The average Bonchev–Trinajstić information content (AvgIpc) is 2.73. The quantitative estimate of drug-likeness (QED) is 0.257. The zero-order chi connectivity index (χ0) is 15.0. The second kappa shape index (κ2) is 9.41. The van der Waals surface area contributed by atoms with E-state index in [9.17, 15) is 4.79 Å². The third kappa shape index (κ3) is 5.10. The summed E-state index contributed by atoms with van der Waals surface area (Å²) < 4.78 is 0. The number of amides is 1. The number of fused-ring (bicyclic) bond motifs is 1. The number of nitrogens with one attached hydrogen (secondary N) is 2. The van der Waals surface area contributed by atoms with Crippen LogP contribution in [0.3, 0.4) is 0 Å². The van der Waals surface area contributed by atoms with Crippen LogP contribution in [0.15, 0.2) is 29.3 Å². The van der Waals surface area contributed by atoms with Gasteiger partial charge in [0.05, 0.1) is 5.36 Å². The van der Waals surface area contributed by atoms with Crippen molar-refractivity contribution in [3.8, 4) is 0 Å². The summed E-state index contributed by atoms with van der Waals surface area (Å²) in [5.41, 5.74) is 7.23. The van der Waals surface area contributed by atoms with Gasteiger partial charge in [0.15, 0.2) is 23.0 Å². The minimum absolute atomic E-state index is 0.0624. The fourth-order valence-electron chi connectivity index (χ4n) is 1.49. The molecule has 9 heteroatoms. The maximum absolute atomic E-state index is 9.69. The molecule has 0 radical (unpaired) electrons. The van der Waals surface area contributed by atoms with E-state index in [-0.39, 0.29) is 5.91 Å². The van der Waals surface area contributed by atoms with Crippen LogP contribution in [-0.2, 0) is 25.4 Å². The number of rotatable bonds is 3. The summed E-state index contributed by atoms with van der Waals surface area (Å²) in [5, 5.41) is 4.93. The van der Waals surface area contributed by atoms with Crippen molar-refractivity contribution in [2.75, 3.05) is 6.54 Å². The van der Waals surface area contributed by atoms with E-state index in [1.54, 1.807) is 0 Å². The van der Waals surface area contributed by atoms with Crippen molar-refractivity contribution in [1.82, 2.24) is 10.7 Å². The summed E-state index contributed by atoms with van der Waals surface area (Å²) in [4.78, 5) is 13.7. The number of nitrogens with zero attached hydrogens (tertiary/aromatic N) is 2. The van der Waals surface area contributed by atoms with Crippen LogP contribution in [0.25, 0.3) is 11.1 Å². The fraction of sp³-hybridized carbons (Fsp3) is 0.182. The van der Waals surface area contributed by atoms with Crippen LogP contribution in [0.2, 0.25) is 0 Å². The van der Waals surface area contributed by atoms with E-state index in [1.807, 2.05) is 31.2 Å². The van der Waals surface area contributed by atoms with Crippen molar-refractivity contribution in [2.24, 2.45) is 4.99 Å². The van der Waals surface area contributed by atoms with Gasteiger partial charge >= 0.3 is 39.2 Å². The second-order valence-corrected chi connectivity index (χ2v) is 5.43. The molecular formula is C11H13Cl2CuN4OS+. The molecule has 5 nitrogen and oxygen atoms in total. The third-order valence-corrected chi connectivity index (χ3v) is 2.49. The molecule has 0 aromatic heterocycles. The van der Waals surface area contributed by atoms with Crippen LogP contribution in [0.4, 0.5) is 0 Å². The van der Waals surface area contributed by atoms with Gasteiger partial charge in [0.25, 0.3) is 0 Å². The number of para-hydroxylation sites is 1. The number of hydrogen-bond donors (Lipinski definition) is 2. The Morgan fingerprint density at radius 1 is 1.45 bits per heavy atom. The predicted molar refractivity (Wildman–Crippen MR) is 83.2 cm³/mol. The van der Waals surface area contributed by atoms with Crippen molar-refractivity contribution in [1.29, 1.82) is 0 Å². The molecular weight excluding hydrogens is 371 g/mol. The molecule has 0 aliphatic carbocycles. The molecule has 1 heterocycles. The maximum atomic E-state index is 9.69. The molecule has 1 aliphatic rings. The Kier molecular flexibility index (Phi) is 8.25. The van der Waals surface area contributed by atoms with Crippen LogP contribution >= 0.6 is 20.2 Å². The summed E-state index contributed by atoms with van der Waals surface area (Å²) in [6.45, 7) is 2.68. The van der Waals surface area contributed by atoms with Crippen LogP contribution in [0.1, 0.15) is 6.92 Å². The van der Waals surface area contributed by atoms with Gasteiger partial charge in [-0.15, -0.1) is 0 Å². The number of carbonyl (C=O) groups excluding carboxylic acids is 1. The molecule has 20 heavy (non-hydrogen) atoms. The summed E-state index contributed by atoms with van der Waals surface area (Å²) in [6, 6.07) is 7.44. The standard InChI is InChI=1S/C11H12N4OS.2ClH.Cu/c1-2-12-11(17)15-14-9-7-5-3-4-6-8(7)13-10(9)16;;;/h3-6H,2H2,1H3,(H3,12,13,14,15,16,17);2*1H;/q;;;+2/p-1. The topological polar surface area (TPSA) is 71.9 Å². The third-order valence-electron chi connectivity index (χ3n) is 2.23. The molecule has 2 rings (SSSR count). The molecule has 0 fully saturated rings. The molecule has 0 saturated carbocycles. The predicted octanol–water partition coefficient (Wildman–Crippen LogP) is 0.161. The molecule has 1 aromatic rings. The molecule has 1 amide bonds. The molecule has 1 aromatic carbocycles. The first-order valence-electron chi connectivity index (χ1n) is 5.46. The first-order chi connectivity index (χ1) is 9.63. The van der Waals surface area contributed by atoms with Gasteiger partial charge in [0.1, 0.15) is 0 Å². The minimum atomic E-state index is -0.0624. The Labute approximate surface area is 136 Å². The number of benzene rings is 1. The van der Waals surface area contributed by atoms with E-state index in [4.69, 9.17) is 0 Å². The van der Waals surface area contributed by atoms with Gasteiger partial charge in [-0.3, -0.25) is 10.1 Å². The van der Waals surface area contributed by atoms with Gasteiger partial charge in [-0.1, -0.05) is 25.1 Å². The summed E-state index contributed by atoms with van der Waals surface area (Å²) in [6.07, 6.45) is 0. The van der Waals surface area contributed by atoms with Crippen LogP contribution in [0.5, 0.6) is 0 Å². The normalized spacial score (nSPS) is 12.3. The molecule has 0 bridgehead atoms. The van der Waals surface area contributed by atoms with Crippen molar-refractivity contribution >= 4 is 49.1 Å². The summed E-state index contributed by atoms with van der Waals surface area (Å²) in [7, 11) is 9.34. The van der Waals surface area contributed by atoms with Gasteiger partial charge in [-0.25, -0.2) is 0 Å². The first kappa shape index (κ1) is 17.5. The Morgan fingerprint density at radius 3 is 2.75 bits per heavy atom. The van der Waals surface area contributed by atoms with Gasteiger partial charge in [-0.2, -0.15) is 4.99 Å². The SMILES string of the molecule is CCNC(=[SH+])[N-]NC1=c2ccccc2=NC1=[OH+].[Cl][Cu][Cl]. The second-order valence-electron chi connectivity index (χ2n) is 3.45. The van der Waals surface area contributed by atoms with Crippen LogP contribution in [0, 0.1) is 0 Å². The van der Waals surface area contributed by atoms with Crippen molar-refractivity contribution in [3.63, 3.8) is 0 Å². The van der Waals surface area contributed by atoms with Crippen LogP contribution < -0.4 is 21.3 Å². The Hall–Kier alpha value is -0.531. The van der Waals surface area contributed by atoms with E-state index < -0.39 is 0 Å². The van der Waals surface area contributed by atoms with E-state index in [2.05, 4.69) is 53.6 Å². The van der Waals surface area contributed by atoms with Crippen molar-refractivity contribution in [3.05, 3.63) is 40.3 Å². The summed E-state index contributed by atoms with van der Waals surface area (Å²) in [5.74, 6) is -0.0624. The molecule has 0 atom stereocenters. The molecule has 3 N–H and O–H groups in total. The van der Waals surface area contributed by atoms with Gasteiger partial charge in [0, 0.05) is 5.22 Å². The van der Waals surface area contributed by atoms with E-state index in [0.29, 0.717) is 10.8 Å². The van der Waals surface area contributed by atoms with E-state index in [1.165, 1.54) is 0 Å². The van der Waals surface area contributed by atoms with Gasteiger partial charge < -0.3 is 10.9 Å². The van der Waals surface area contributed by atoms with E-state index >= 15 is 0 Å². The molecule has 0 unspecified atom stereocenters. The monoisotopic (exact) mass is 382 g/mol. The molecule has 1 aliphatic heterocycles. The number of hydrogen-bond acceptors (Lipinski definition) is 1. The molecule has 113 valence electrons. The fourth-order valence-corrected chi connectivity index (χ4v) is 1.70. The zero-order valence-corrected chi connectivity index (χ0v) is 13.7. The molecule has 0 saturated heterocycles. The average molecular weight is 384 g/mol. The Balaban J connectivity index is 0.000000612. The number of halogens is 2. The van der Waals surface area contributed by atoms with Crippen molar-refractivity contribution < 1.29 is 17.9 Å². The van der Waals surface area contributed by atoms with Crippen LogP contribution in [-0.4, -0.2) is 22.4 Å². The molecule has 0 spiro atoms. The Bertz CT molecular complexity index is 611. The van der Waals surface area contributed by atoms with Crippen molar-refractivity contribution in [2.45, 2.75) is 6.92 Å². The number of thiol groups is 1. The van der Waals surface area contributed by atoms with E-state index in [0.717, 1.165) is 30.3 Å². The summed E-state index contributed by atoms with van der Waals surface area (Å²) >= 11 is 4.88. The zero-order valence-electron chi connectivity index (χ0n) is 10.4. The first-order valence-corrected chi connectivity index (χ1v) is 8.50. The van der Waals surface area contributed by atoms with Gasteiger partial charge in [0.2, 0.25) is 0 Å². The van der Waals surface area contributed by atoms with Gasteiger partial charge in [-0.05, 0) is 12.6 Å². The Morgan fingerprint density at radius 2 is 2.10 bits per heavy atom.